The molecular weight excluding hydrogens is 471 g/mol. The fraction of sp³-hybridized carbons (Fsp3) is 0.152. The Kier molecular flexibility index (Phi) is 5.82. The Labute approximate surface area is 218 Å². The van der Waals surface area contributed by atoms with Gasteiger partial charge in [0.1, 0.15) is 5.75 Å². The molecule has 182 valence electrons. The molecule has 3 nitrogen and oxygen atoms in total. The first-order valence-electron chi connectivity index (χ1n) is 12.6. The number of pyridine rings is 2. The average Bonchev–Trinajstić information content (AvgIpc) is 3.22. The van der Waals surface area contributed by atoms with E-state index in [4.69, 9.17) is 9.72 Å². The van der Waals surface area contributed by atoms with Gasteiger partial charge in [-0.1, -0.05) is 70.8 Å². The SMILES string of the molecule is Cc1ccnc(-p2c3ccccc3c3ccc(-c4cccc(Oc5cc(C(C)(C)C)ccn5)c4)cc32)c1. The highest BCUT2D eigenvalue weighted by molar-refractivity contribution is 7.67. The van der Waals surface area contributed by atoms with Gasteiger partial charge in [0.15, 0.2) is 0 Å². The lowest BCUT2D eigenvalue weighted by molar-refractivity contribution is 0.459. The zero-order valence-electron chi connectivity index (χ0n) is 21.6. The van der Waals surface area contributed by atoms with E-state index >= 15 is 0 Å². The molecule has 37 heavy (non-hydrogen) atoms. The molecule has 0 radical (unpaired) electrons. The van der Waals surface area contributed by atoms with Gasteiger partial charge in [-0.2, -0.15) is 0 Å². The molecule has 3 aromatic carbocycles. The van der Waals surface area contributed by atoms with Crippen LogP contribution in [0, 0.1) is 6.92 Å². The Morgan fingerprint density at radius 1 is 0.676 bits per heavy atom. The predicted octanol–water partition coefficient (Wildman–Crippen LogP) is 9.82. The molecule has 0 aliphatic carbocycles. The lowest BCUT2D eigenvalue weighted by Crippen LogP contribution is -2.11. The van der Waals surface area contributed by atoms with Crippen molar-refractivity contribution in [3.8, 4) is 28.2 Å². The summed E-state index contributed by atoms with van der Waals surface area (Å²) in [5, 5.41) is 5.37. The van der Waals surface area contributed by atoms with Crippen LogP contribution in [0.15, 0.2) is 103 Å². The van der Waals surface area contributed by atoms with Gasteiger partial charge in [0.2, 0.25) is 5.88 Å². The standard InChI is InChI=1S/C33H29N2OP/c1-22-14-16-35-32(18-22)37-29-11-6-5-10-27(29)28-13-12-24(20-30(28)37)23-8-7-9-26(19-23)36-31-21-25(15-17-34-31)33(2,3)4/h5-21H,1-4H3. The van der Waals surface area contributed by atoms with Crippen molar-refractivity contribution >= 4 is 28.5 Å². The molecule has 0 fully saturated rings. The van der Waals surface area contributed by atoms with E-state index in [0.29, 0.717) is 5.88 Å². The monoisotopic (exact) mass is 500 g/mol. The Bertz CT molecular complexity index is 1760. The number of aryl methyl sites for hydroxylation is 1. The van der Waals surface area contributed by atoms with E-state index in [9.17, 15) is 0 Å². The van der Waals surface area contributed by atoms with Gasteiger partial charge in [0.25, 0.3) is 0 Å². The summed E-state index contributed by atoms with van der Waals surface area (Å²) in [6, 6.07) is 32.3. The summed E-state index contributed by atoms with van der Waals surface area (Å²) in [5.74, 6) is 1.39. The molecule has 6 rings (SSSR count). The van der Waals surface area contributed by atoms with Gasteiger partial charge in [0, 0.05) is 28.7 Å². The van der Waals surface area contributed by atoms with Crippen LogP contribution in [0.2, 0.25) is 0 Å². The van der Waals surface area contributed by atoms with Crippen LogP contribution in [0.3, 0.4) is 0 Å². The molecule has 0 saturated carbocycles. The average molecular weight is 501 g/mol. The van der Waals surface area contributed by atoms with Gasteiger partial charge in [-0.15, -0.1) is 0 Å². The molecule has 0 saturated heterocycles. The number of hydrogen-bond acceptors (Lipinski definition) is 3. The molecular formula is C33H29N2OP. The third kappa shape index (κ3) is 4.52. The minimum atomic E-state index is -0.709. The van der Waals surface area contributed by atoms with Crippen molar-refractivity contribution in [2.45, 2.75) is 33.1 Å². The quantitative estimate of drug-likeness (QED) is 0.242. The second-order valence-corrected chi connectivity index (χ2v) is 12.6. The van der Waals surface area contributed by atoms with Crippen molar-refractivity contribution in [2.24, 2.45) is 0 Å². The third-order valence-electron chi connectivity index (χ3n) is 6.79. The second-order valence-electron chi connectivity index (χ2n) is 10.5. The first-order chi connectivity index (χ1) is 17.9. The third-order valence-corrected chi connectivity index (χ3v) is 9.22. The number of ether oxygens (including phenoxy) is 1. The van der Waals surface area contributed by atoms with Gasteiger partial charge in [-0.3, -0.25) is 4.98 Å². The molecule has 3 heterocycles. The van der Waals surface area contributed by atoms with Gasteiger partial charge >= 0.3 is 0 Å². The van der Waals surface area contributed by atoms with Gasteiger partial charge in [-0.25, -0.2) is 4.98 Å². The first kappa shape index (κ1) is 23.5. The largest absolute Gasteiger partial charge is 0.439 e. The van der Waals surface area contributed by atoms with Crippen LogP contribution in [0.4, 0.5) is 0 Å². The van der Waals surface area contributed by atoms with Crippen molar-refractivity contribution in [3.63, 3.8) is 0 Å². The summed E-state index contributed by atoms with van der Waals surface area (Å²) in [4.78, 5) is 9.25. The normalized spacial score (nSPS) is 12.3. The summed E-state index contributed by atoms with van der Waals surface area (Å²) in [6.07, 6.45) is 3.75. The lowest BCUT2D eigenvalue weighted by atomic mass is 9.88. The number of nitrogens with zero attached hydrogens (tertiary/aromatic N) is 2. The van der Waals surface area contributed by atoms with Crippen molar-refractivity contribution < 1.29 is 4.74 Å². The van der Waals surface area contributed by atoms with E-state index < -0.39 is 7.53 Å². The summed E-state index contributed by atoms with van der Waals surface area (Å²) in [5.41, 5.74) is 5.92. The first-order valence-corrected chi connectivity index (χ1v) is 13.9. The Hall–Kier alpha value is -3.94. The maximum atomic E-state index is 6.21. The number of fused-ring (bicyclic) bond motifs is 3. The summed E-state index contributed by atoms with van der Waals surface area (Å²) >= 11 is 0. The smallest absolute Gasteiger partial charge is 0.219 e. The van der Waals surface area contributed by atoms with E-state index in [-0.39, 0.29) is 5.41 Å². The lowest BCUT2D eigenvalue weighted by Gasteiger charge is -2.19. The Balaban J connectivity index is 1.44. The maximum Gasteiger partial charge on any atom is 0.219 e. The van der Waals surface area contributed by atoms with Crippen LogP contribution < -0.4 is 4.74 Å². The minimum Gasteiger partial charge on any atom is -0.439 e. The van der Waals surface area contributed by atoms with Crippen LogP contribution in [0.1, 0.15) is 31.9 Å². The maximum absolute atomic E-state index is 6.21. The van der Waals surface area contributed by atoms with Crippen LogP contribution in [-0.4, -0.2) is 9.97 Å². The number of benzene rings is 3. The van der Waals surface area contributed by atoms with Crippen molar-refractivity contribution in [2.75, 3.05) is 0 Å². The molecule has 0 aliphatic heterocycles. The number of rotatable bonds is 4. The minimum absolute atomic E-state index is 0.0371. The van der Waals surface area contributed by atoms with Crippen molar-refractivity contribution in [1.82, 2.24) is 9.97 Å². The van der Waals surface area contributed by atoms with E-state index in [1.807, 2.05) is 36.7 Å². The Morgan fingerprint density at radius 2 is 1.46 bits per heavy atom. The molecule has 0 amide bonds. The zero-order valence-corrected chi connectivity index (χ0v) is 22.5. The molecule has 0 aliphatic rings. The number of aromatic nitrogens is 2. The summed E-state index contributed by atoms with van der Waals surface area (Å²) in [6.45, 7) is 8.72. The second kappa shape index (κ2) is 9.18. The Morgan fingerprint density at radius 3 is 2.30 bits per heavy atom. The molecule has 3 aromatic heterocycles. The number of hydrogen-bond donors (Lipinski definition) is 0. The van der Waals surface area contributed by atoms with Crippen LogP contribution in [-0.2, 0) is 5.41 Å². The van der Waals surface area contributed by atoms with Crippen molar-refractivity contribution in [1.29, 1.82) is 0 Å². The molecule has 1 atom stereocenters. The van der Waals surface area contributed by atoms with E-state index in [1.165, 1.54) is 37.7 Å². The van der Waals surface area contributed by atoms with E-state index in [2.05, 4.69) is 99.4 Å². The van der Waals surface area contributed by atoms with Gasteiger partial charge in [-0.05, 0) is 87.8 Å². The molecule has 0 spiro atoms. The van der Waals surface area contributed by atoms with Crippen molar-refractivity contribution in [3.05, 3.63) is 115 Å². The topological polar surface area (TPSA) is 35.0 Å². The van der Waals surface area contributed by atoms with E-state index in [0.717, 1.165) is 16.7 Å². The fourth-order valence-electron chi connectivity index (χ4n) is 4.83. The molecule has 0 N–H and O–H groups in total. The molecule has 4 heteroatoms. The highest BCUT2D eigenvalue weighted by Gasteiger charge is 2.17. The highest BCUT2D eigenvalue weighted by atomic mass is 31.1. The van der Waals surface area contributed by atoms with Crippen LogP contribution in [0.5, 0.6) is 11.6 Å². The zero-order chi connectivity index (χ0) is 25.6. The van der Waals surface area contributed by atoms with Crippen LogP contribution >= 0.6 is 7.53 Å². The fourth-order valence-corrected chi connectivity index (χ4v) is 7.47. The molecule has 1 unspecified atom stereocenters. The summed E-state index contributed by atoms with van der Waals surface area (Å²) in [7, 11) is -0.709. The predicted molar refractivity (Wildman–Crippen MR) is 156 cm³/mol. The molecule has 6 aromatic rings. The van der Waals surface area contributed by atoms with E-state index in [1.54, 1.807) is 0 Å². The molecule has 0 bridgehead atoms. The van der Waals surface area contributed by atoms with Gasteiger partial charge in [0.05, 0.1) is 5.44 Å². The van der Waals surface area contributed by atoms with Crippen LogP contribution in [0.25, 0.3) is 37.6 Å². The highest BCUT2D eigenvalue weighted by Crippen LogP contribution is 2.55. The summed E-state index contributed by atoms with van der Waals surface area (Å²) < 4.78 is 6.21. The van der Waals surface area contributed by atoms with Gasteiger partial charge < -0.3 is 4.74 Å².